The second kappa shape index (κ2) is 7.28. The highest BCUT2D eigenvalue weighted by Crippen LogP contribution is 2.19. The maximum absolute atomic E-state index is 9.66. The molecule has 0 saturated heterocycles. The van der Waals surface area contributed by atoms with Crippen LogP contribution in [-0.4, -0.2) is 18.8 Å². The number of hydrogen-bond acceptors (Lipinski definition) is 2. The van der Waals surface area contributed by atoms with Crippen molar-refractivity contribution in [1.82, 2.24) is 0 Å². The fourth-order valence-electron chi connectivity index (χ4n) is 2.82. The van der Waals surface area contributed by atoms with Gasteiger partial charge >= 0.3 is 0 Å². The molecule has 0 bridgehead atoms. The fourth-order valence-corrected chi connectivity index (χ4v) is 2.82. The van der Waals surface area contributed by atoms with Gasteiger partial charge in [-0.25, -0.2) is 0 Å². The van der Waals surface area contributed by atoms with Crippen molar-refractivity contribution in [1.29, 1.82) is 0 Å². The van der Waals surface area contributed by atoms with Crippen molar-refractivity contribution in [2.75, 3.05) is 13.7 Å². The number of aliphatic hydroxyl groups excluding tert-OH is 1. The molecule has 0 heterocycles. The van der Waals surface area contributed by atoms with Gasteiger partial charge in [-0.15, -0.1) is 0 Å². The fraction of sp³-hybridized carbons (Fsp3) is 0.368. The van der Waals surface area contributed by atoms with E-state index < -0.39 is 0 Å². The molecule has 0 aliphatic rings. The minimum Gasteiger partial charge on any atom is -0.497 e. The monoisotopic (exact) mass is 284 g/mol. The van der Waals surface area contributed by atoms with E-state index in [1.54, 1.807) is 7.11 Å². The highest BCUT2D eigenvalue weighted by Gasteiger charge is 2.10. The van der Waals surface area contributed by atoms with Crippen molar-refractivity contribution in [2.45, 2.75) is 26.7 Å². The van der Waals surface area contributed by atoms with Gasteiger partial charge in [0, 0.05) is 6.61 Å². The lowest BCUT2D eigenvalue weighted by atomic mass is 9.92. The SMILES string of the molecule is COc1ccc(CC(CO)Cc2cc(C)cc(C)c2)cc1. The first-order valence-corrected chi connectivity index (χ1v) is 7.41. The van der Waals surface area contributed by atoms with Gasteiger partial charge in [0.25, 0.3) is 0 Å². The van der Waals surface area contributed by atoms with Crippen molar-refractivity contribution >= 4 is 0 Å². The maximum Gasteiger partial charge on any atom is 0.118 e. The van der Waals surface area contributed by atoms with Gasteiger partial charge in [0.05, 0.1) is 7.11 Å². The first kappa shape index (κ1) is 15.6. The molecule has 1 unspecified atom stereocenters. The summed E-state index contributed by atoms with van der Waals surface area (Å²) in [4.78, 5) is 0. The van der Waals surface area contributed by atoms with Gasteiger partial charge in [-0.3, -0.25) is 0 Å². The Bertz CT molecular complexity index is 552. The van der Waals surface area contributed by atoms with Crippen LogP contribution in [0.1, 0.15) is 22.3 Å². The standard InChI is InChI=1S/C19H24O2/c1-14-8-15(2)10-17(9-14)12-18(13-20)11-16-4-6-19(21-3)7-5-16/h4-10,18,20H,11-13H2,1-3H3. The molecule has 0 fully saturated rings. The number of benzene rings is 2. The molecule has 112 valence electrons. The van der Waals surface area contributed by atoms with E-state index in [2.05, 4.69) is 44.2 Å². The van der Waals surface area contributed by atoms with Crippen LogP contribution in [0, 0.1) is 19.8 Å². The Morgan fingerprint density at radius 2 is 1.48 bits per heavy atom. The molecule has 0 aliphatic carbocycles. The number of hydrogen-bond donors (Lipinski definition) is 1. The van der Waals surface area contributed by atoms with Gasteiger partial charge in [-0.2, -0.15) is 0 Å². The Morgan fingerprint density at radius 1 is 0.905 bits per heavy atom. The topological polar surface area (TPSA) is 29.5 Å². The maximum atomic E-state index is 9.66. The lowest BCUT2D eigenvalue weighted by Gasteiger charge is -2.15. The van der Waals surface area contributed by atoms with Crippen molar-refractivity contribution < 1.29 is 9.84 Å². The van der Waals surface area contributed by atoms with Crippen LogP contribution in [0.15, 0.2) is 42.5 Å². The second-order valence-electron chi connectivity index (χ2n) is 5.80. The molecule has 2 aromatic rings. The van der Waals surface area contributed by atoms with Crippen LogP contribution in [0.5, 0.6) is 5.75 Å². The van der Waals surface area contributed by atoms with Crippen LogP contribution in [0.25, 0.3) is 0 Å². The van der Waals surface area contributed by atoms with Gasteiger partial charge in [0.1, 0.15) is 5.75 Å². The van der Waals surface area contributed by atoms with Gasteiger partial charge in [0.2, 0.25) is 0 Å². The average Bonchev–Trinajstić information content (AvgIpc) is 2.46. The van der Waals surface area contributed by atoms with Gasteiger partial charge in [-0.05, 0) is 55.9 Å². The van der Waals surface area contributed by atoms with E-state index in [-0.39, 0.29) is 12.5 Å². The quantitative estimate of drug-likeness (QED) is 0.876. The molecule has 0 aromatic heterocycles. The van der Waals surface area contributed by atoms with Crippen LogP contribution < -0.4 is 4.74 Å². The van der Waals surface area contributed by atoms with E-state index in [1.165, 1.54) is 22.3 Å². The molecule has 0 aliphatic heterocycles. The molecular weight excluding hydrogens is 260 g/mol. The third kappa shape index (κ3) is 4.61. The summed E-state index contributed by atoms with van der Waals surface area (Å²) < 4.78 is 5.17. The van der Waals surface area contributed by atoms with E-state index >= 15 is 0 Å². The summed E-state index contributed by atoms with van der Waals surface area (Å²) in [6.07, 6.45) is 1.79. The predicted octanol–water partition coefficient (Wildman–Crippen LogP) is 3.71. The molecule has 21 heavy (non-hydrogen) atoms. The molecule has 0 saturated carbocycles. The number of aliphatic hydroxyl groups is 1. The molecule has 2 nitrogen and oxygen atoms in total. The molecule has 2 heteroatoms. The Morgan fingerprint density at radius 3 is 2.00 bits per heavy atom. The zero-order valence-corrected chi connectivity index (χ0v) is 13.1. The van der Waals surface area contributed by atoms with Crippen LogP contribution in [-0.2, 0) is 12.8 Å². The number of methoxy groups -OCH3 is 1. The van der Waals surface area contributed by atoms with Crippen molar-refractivity contribution in [3.05, 3.63) is 64.7 Å². The third-order valence-corrected chi connectivity index (χ3v) is 3.75. The molecule has 0 spiro atoms. The van der Waals surface area contributed by atoms with E-state index in [9.17, 15) is 5.11 Å². The summed E-state index contributed by atoms with van der Waals surface area (Å²) in [6, 6.07) is 14.7. The van der Waals surface area contributed by atoms with Crippen molar-refractivity contribution in [3.8, 4) is 5.75 Å². The normalized spacial score (nSPS) is 12.2. The van der Waals surface area contributed by atoms with Crippen molar-refractivity contribution in [3.63, 3.8) is 0 Å². The molecule has 1 atom stereocenters. The van der Waals surface area contributed by atoms with Crippen LogP contribution >= 0.6 is 0 Å². The molecular formula is C19H24O2. The third-order valence-electron chi connectivity index (χ3n) is 3.75. The number of ether oxygens (including phenoxy) is 1. The number of aryl methyl sites for hydroxylation is 2. The minimum absolute atomic E-state index is 0.207. The van der Waals surface area contributed by atoms with E-state index in [4.69, 9.17) is 4.74 Å². The summed E-state index contributed by atoms with van der Waals surface area (Å²) in [7, 11) is 1.67. The molecule has 0 radical (unpaired) electrons. The lowest BCUT2D eigenvalue weighted by Crippen LogP contribution is -2.13. The zero-order valence-electron chi connectivity index (χ0n) is 13.1. The smallest absolute Gasteiger partial charge is 0.118 e. The first-order chi connectivity index (χ1) is 10.1. The predicted molar refractivity (Wildman–Crippen MR) is 86.9 cm³/mol. The highest BCUT2D eigenvalue weighted by molar-refractivity contribution is 5.30. The van der Waals surface area contributed by atoms with Crippen LogP contribution in [0.2, 0.25) is 0 Å². The Hall–Kier alpha value is -1.80. The van der Waals surface area contributed by atoms with Crippen LogP contribution in [0.4, 0.5) is 0 Å². The molecule has 2 rings (SSSR count). The average molecular weight is 284 g/mol. The van der Waals surface area contributed by atoms with Gasteiger partial charge < -0.3 is 9.84 Å². The lowest BCUT2D eigenvalue weighted by molar-refractivity contribution is 0.225. The number of rotatable bonds is 6. The summed E-state index contributed by atoms with van der Waals surface area (Å²) in [6.45, 7) is 4.45. The van der Waals surface area contributed by atoms with Crippen molar-refractivity contribution in [2.24, 2.45) is 5.92 Å². The first-order valence-electron chi connectivity index (χ1n) is 7.41. The molecule has 2 aromatic carbocycles. The highest BCUT2D eigenvalue weighted by atomic mass is 16.5. The summed E-state index contributed by atoms with van der Waals surface area (Å²) in [5.74, 6) is 1.12. The summed E-state index contributed by atoms with van der Waals surface area (Å²) in [5, 5.41) is 9.66. The van der Waals surface area contributed by atoms with E-state index in [1.807, 2.05) is 12.1 Å². The minimum atomic E-state index is 0.207. The van der Waals surface area contributed by atoms with Crippen LogP contribution in [0.3, 0.4) is 0 Å². The molecule has 1 N–H and O–H groups in total. The zero-order chi connectivity index (χ0) is 15.2. The Balaban J connectivity index is 2.05. The summed E-state index contributed by atoms with van der Waals surface area (Å²) in [5.41, 5.74) is 5.11. The second-order valence-corrected chi connectivity index (χ2v) is 5.80. The van der Waals surface area contributed by atoms with E-state index in [0.29, 0.717) is 0 Å². The van der Waals surface area contributed by atoms with Gasteiger partial charge in [-0.1, -0.05) is 41.5 Å². The molecule has 0 amide bonds. The summed E-state index contributed by atoms with van der Waals surface area (Å²) >= 11 is 0. The van der Waals surface area contributed by atoms with Gasteiger partial charge in [0.15, 0.2) is 0 Å². The Labute approximate surface area is 127 Å². The Kier molecular flexibility index (Phi) is 5.40. The largest absolute Gasteiger partial charge is 0.497 e. The van der Waals surface area contributed by atoms with E-state index in [0.717, 1.165) is 18.6 Å².